The summed E-state index contributed by atoms with van der Waals surface area (Å²) in [7, 11) is 0. The Morgan fingerprint density at radius 3 is 2.27 bits per heavy atom. The van der Waals surface area contributed by atoms with Crippen LogP contribution in [-0.2, 0) is 0 Å². The van der Waals surface area contributed by atoms with E-state index in [1.165, 1.54) is 0 Å². The first-order valence-electron chi connectivity index (χ1n) is 7.21. The number of fused-ring (bicyclic) bond motifs is 1. The second-order valence-electron chi connectivity index (χ2n) is 5.79. The van der Waals surface area contributed by atoms with Gasteiger partial charge in [-0.05, 0) is 49.9 Å². The molecule has 0 bridgehead atoms. The van der Waals surface area contributed by atoms with Gasteiger partial charge in [-0.3, -0.25) is 4.79 Å². The van der Waals surface area contributed by atoms with Crippen molar-refractivity contribution in [3.63, 3.8) is 0 Å². The second kappa shape index (κ2) is 7.11. The first kappa shape index (κ1) is 17.4. The van der Waals surface area contributed by atoms with Crippen LogP contribution < -0.4 is 5.32 Å². The Hall–Kier alpha value is -0.910. The van der Waals surface area contributed by atoms with Gasteiger partial charge in [-0.1, -0.05) is 11.6 Å². The third-order valence-electron chi connectivity index (χ3n) is 4.55. The Balaban J connectivity index is 0.00000176. The largest absolute Gasteiger partial charge is 0.339 e. The van der Waals surface area contributed by atoms with E-state index in [0.29, 0.717) is 24.9 Å². The van der Waals surface area contributed by atoms with Crippen molar-refractivity contribution in [3.05, 3.63) is 34.4 Å². The van der Waals surface area contributed by atoms with Crippen LogP contribution in [0.2, 0.25) is 5.02 Å². The molecule has 22 heavy (non-hydrogen) atoms. The van der Waals surface area contributed by atoms with E-state index in [4.69, 9.17) is 11.6 Å². The molecule has 2 heterocycles. The molecule has 2 atom stereocenters. The zero-order valence-electron chi connectivity index (χ0n) is 11.9. The summed E-state index contributed by atoms with van der Waals surface area (Å²) < 4.78 is 26.4. The maximum Gasteiger partial charge on any atom is 0.255 e. The Labute approximate surface area is 139 Å². The third kappa shape index (κ3) is 3.36. The first-order chi connectivity index (χ1) is 10.1. The van der Waals surface area contributed by atoms with Crippen LogP contribution in [0.25, 0.3) is 0 Å². The van der Waals surface area contributed by atoms with E-state index in [1.54, 1.807) is 4.90 Å². The highest BCUT2D eigenvalue weighted by Crippen LogP contribution is 2.29. The summed E-state index contributed by atoms with van der Waals surface area (Å²) in [5, 5.41) is 3.34. The van der Waals surface area contributed by atoms with Gasteiger partial charge < -0.3 is 10.2 Å². The molecule has 0 aliphatic carbocycles. The number of hydrogen-bond acceptors (Lipinski definition) is 2. The highest BCUT2D eigenvalue weighted by molar-refractivity contribution is 6.33. The highest BCUT2D eigenvalue weighted by Gasteiger charge is 2.32. The molecule has 2 aliphatic heterocycles. The topological polar surface area (TPSA) is 32.3 Å². The monoisotopic (exact) mass is 350 g/mol. The van der Waals surface area contributed by atoms with Gasteiger partial charge >= 0.3 is 0 Å². The summed E-state index contributed by atoms with van der Waals surface area (Å²) in [6.45, 7) is 3.27. The zero-order valence-corrected chi connectivity index (χ0v) is 13.5. The molecule has 1 N–H and O–H groups in total. The number of nitrogens with one attached hydrogen (secondary N) is 1. The lowest BCUT2D eigenvalue weighted by Gasteiger charge is -2.21. The molecule has 1 aromatic rings. The number of hydrogen-bond donors (Lipinski definition) is 1. The normalized spacial score (nSPS) is 24.4. The van der Waals surface area contributed by atoms with Crippen LogP contribution in [0, 0.1) is 23.5 Å². The maximum atomic E-state index is 13.3. The van der Waals surface area contributed by atoms with Crippen LogP contribution >= 0.6 is 24.0 Å². The number of benzene rings is 1. The minimum absolute atomic E-state index is 0. The number of carbonyl (C=O) groups excluding carboxylic acids is 1. The molecule has 3 nitrogen and oxygen atoms in total. The fraction of sp³-hybridized carbons (Fsp3) is 0.533. The number of amides is 1. The molecule has 0 saturated carbocycles. The molecular weight excluding hydrogens is 333 g/mol. The molecule has 2 aliphatic rings. The molecular formula is C15H18Cl2F2N2O. The lowest BCUT2D eigenvalue weighted by molar-refractivity contribution is 0.0758. The summed E-state index contributed by atoms with van der Waals surface area (Å²) in [6.07, 6.45) is 1.87. The molecule has 0 unspecified atom stereocenters. The van der Waals surface area contributed by atoms with Crippen LogP contribution in [0.4, 0.5) is 8.78 Å². The van der Waals surface area contributed by atoms with Crippen molar-refractivity contribution in [3.8, 4) is 0 Å². The van der Waals surface area contributed by atoms with Crippen molar-refractivity contribution in [2.75, 3.05) is 26.2 Å². The molecule has 3 rings (SSSR count). The third-order valence-corrected chi connectivity index (χ3v) is 4.86. The Bertz CT molecular complexity index is 557. The second-order valence-corrected chi connectivity index (χ2v) is 6.20. The summed E-state index contributed by atoms with van der Waals surface area (Å²) in [5.74, 6) is -1.19. The van der Waals surface area contributed by atoms with Crippen molar-refractivity contribution in [2.45, 2.75) is 12.8 Å². The van der Waals surface area contributed by atoms with Crippen molar-refractivity contribution >= 4 is 29.9 Å². The van der Waals surface area contributed by atoms with Crippen LogP contribution in [0.5, 0.6) is 0 Å². The summed E-state index contributed by atoms with van der Waals surface area (Å²) >= 11 is 5.89. The van der Waals surface area contributed by atoms with E-state index in [2.05, 4.69) is 5.32 Å². The Morgan fingerprint density at radius 1 is 1.14 bits per heavy atom. The number of likely N-dealkylation sites (tertiary alicyclic amines) is 1. The summed E-state index contributed by atoms with van der Waals surface area (Å²) in [5.41, 5.74) is 0.0424. The van der Waals surface area contributed by atoms with E-state index in [0.717, 1.165) is 38.1 Å². The van der Waals surface area contributed by atoms with Gasteiger partial charge in [0.05, 0.1) is 10.6 Å². The molecule has 2 saturated heterocycles. The van der Waals surface area contributed by atoms with Gasteiger partial charge in [-0.15, -0.1) is 12.4 Å². The molecule has 0 aromatic heterocycles. The Kier molecular flexibility index (Phi) is 5.64. The van der Waals surface area contributed by atoms with E-state index < -0.39 is 11.6 Å². The standard InChI is InChI=1S/C15H17ClF2N2O.ClH/c16-12-6-14(18)13(17)5-11(12)15(21)20-3-1-9-7-19-8-10(9)2-4-20;/h5-6,9-10,19H,1-4,7-8H2;1H/t9-,10+;. The van der Waals surface area contributed by atoms with Gasteiger partial charge in [0.1, 0.15) is 0 Å². The number of nitrogens with zero attached hydrogens (tertiary/aromatic N) is 1. The van der Waals surface area contributed by atoms with Crippen molar-refractivity contribution in [1.29, 1.82) is 0 Å². The van der Waals surface area contributed by atoms with Gasteiger partial charge in [0.25, 0.3) is 5.91 Å². The minimum Gasteiger partial charge on any atom is -0.339 e. The molecule has 1 aromatic carbocycles. The zero-order chi connectivity index (χ0) is 15.0. The van der Waals surface area contributed by atoms with Gasteiger partial charge in [0.2, 0.25) is 0 Å². The summed E-state index contributed by atoms with van der Waals surface area (Å²) in [6, 6.07) is 1.76. The van der Waals surface area contributed by atoms with Crippen molar-refractivity contribution in [2.24, 2.45) is 11.8 Å². The fourth-order valence-corrected chi connectivity index (χ4v) is 3.51. The quantitative estimate of drug-likeness (QED) is 0.789. The molecule has 7 heteroatoms. The highest BCUT2D eigenvalue weighted by atomic mass is 35.5. The predicted octanol–water partition coefficient (Wildman–Crippen LogP) is 3.11. The van der Waals surface area contributed by atoms with Crippen LogP contribution in [-0.4, -0.2) is 37.0 Å². The summed E-state index contributed by atoms with van der Waals surface area (Å²) in [4.78, 5) is 14.2. The van der Waals surface area contributed by atoms with Gasteiger partial charge in [-0.25, -0.2) is 8.78 Å². The molecule has 0 spiro atoms. The Morgan fingerprint density at radius 2 is 1.68 bits per heavy atom. The molecule has 122 valence electrons. The average molecular weight is 351 g/mol. The number of carbonyl (C=O) groups is 1. The maximum absolute atomic E-state index is 13.3. The number of rotatable bonds is 1. The average Bonchev–Trinajstić information content (AvgIpc) is 2.81. The van der Waals surface area contributed by atoms with Gasteiger partial charge in [-0.2, -0.15) is 0 Å². The van der Waals surface area contributed by atoms with Crippen molar-refractivity contribution < 1.29 is 13.6 Å². The minimum atomic E-state index is -1.04. The fourth-order valence-electron chi connectivity index (χ4n) is 3.28. The lowest BCUT2D eigenvalue weighted by atomic mass is 9.92. The SMILES string of the molecule is Cl.O=C(c1cc(F)c(F)cc1Cl)N1CC[C@@H]2CNC[C@@H]2CC1. The number of halogens is 4. The van der Waals surface area contributed by atoms with Crippen molar-refractivity contribution in [1.82, 2.24) is 10.2 Å². The first-order valence-corrected chi connectivity index (χ1v) is 7.58. The van der Waals surface area contributed by atoms with E-state index in [1.807, 2.05) is 0 Å². The van der Waals surface area contributed by atoms with Gasteiger partial charge in [0, 0.05) is 13.1 Å². The predicted molar refractivity (Wildman–Crippen MR) is 83.6 cm³/mol. The van der Waals surface area contributed by atoms with Crippen LogP contribution in [0.1, 0.15) is 23.2 Å². The molecule has 2 fully saturated rings. The van der Waals surface area contributed by atoms with Gasteiger partial charge in [0.15, 0.2) is 11.6 Å². The van der Waals surface area contributed by atoms with E-state index in [9.17, 15) is 13.6 Å². The van der Waals surface area contributed by atoms with E-state index in [-0.39, 0.29) is 28.9 Å². The van der Waals surface area contributed by atoms with E-state index >= 15 is 0 Å². The lowest BCUT2D eigenvalue weighted by Crippen LogP contribution is -2.33. The van der Waals surface area contributed by atoms with Crippen LogP contribution in [0.3, 0.4) is 0 Å². The smallest absolute Gasteiger partial charge is 0.255 e. The molecule has 1 amide bonds. The van der Waals surface area contributed by atoms with Crippen LogP contribution in [0.15, 0.2) is 12.1 Å². The molecule has 0 radical (unpaired) electrons.